The molecule has 50 heavy (non-hydrogen) atoms. The second-order valence-corrected chi connectivity index (χ2v) is 15.6. The zero-order valence-corrected chi connectivity index (χ0v) is 30.4. The van der Waals surface area contributed by atoms with Gasteiger partial charge in [0.05, 0.1) is 41.6 Å². The molecule has 15 heteroatoms. The van der Waals surface area contributed by atoms with Gasteiger partial charge in [-0.05, 0) is 69.5 Å². The van der Waals surface area contributed by atoms with E-state index in [-0.39, 0.29) is 42.0 Å². The number of hydrogen-bond acceptors (Lipinski definition) is 10. The molecule has 0 radical (unpaired) electrons. The highest BCUT2D eigenvalue weighted by Crippen LogP contribution is 2.36. The molecule has 1 N–H and O–H groups in total. The van der Waals surface area contributed by atoms with Gasteiger partial charge in [-0.25, -0.2) is 13.9 Å². The van der Waals surface area contributed by atoms with Crippen LogP contribution < -0.4 is 20.1 Å². The zero-order chi connectivity index (χ0) is 36.2. The number of methoxy groups -OCH3 is 1. The molecule has 2 aliphatic heterocycles. The molecule has 2 aromatic carbocycles. The molecule has 0 bridgehead atoms. The number of halogens is 1. The van der Waals surface area contributed by atoms with Gasteiger partial charge in [0.25, 0.3) is 11.8 Å². The third kappa shape index (κ3) is 6.59. The summed E-state index contributed by atoms with van der Waals surface area (Å²) in [5.74, 6) is -2.65. The highest BCUT2D eigenvalue weighted by atomic mass is 32.2. The van der Waals surface area contributed by atoms with Crippen LogP contribution in [0.3, 0.4) is 0 Å². The van der Waals surface area contributed by atoms with E-state index in [2.05, 4.69) is 22.9 Å². The average molecular weight is 713 g/mol. The normalized spacial score (nSPS) is 18.5. The molecule has 13 nitrogen and oxygen atoms in total. The van der Waals surface area contributed by atoms with Crippen molar-refractivity contribution >= 4 is 44.4 Å². The fraction of sp³-hybridized carbons (Fsp3) is 0.514. The molecule has 1 aromatic heterocycles. The Balaban J connectivity index is 1.28. The number of fused-ring (bicyclic) bond motifs is 3. The highest BCUT2D eigenvalue weighted by Gasteiger charge is 2.36. The van der Waals surface area contributed by atoms with Crippen molar-refractivity contribution < 1.29 is 31.6 Å². The Morgan fingerprint density at radius 3 is 2.44 bits per heavy atom. The van der Waals surface area contributed by atoms with Crippen LogP contribution in [0.1, 0.15) is 55.8 Å². The fourth-order valence-corrected chi connectivity index (χ4v) is 8.21. The summed E-state index contributed by atoms with van der Waals surface area (Å²) in [6, 6.07) is 4.31. The van der Waals surface area contributed by atoms with E-state index in [0.717, 1.165) is 57.8 Å². The molecule has 1 aliphatic carbocycles. The van der Waals surface area contributed by atoms with E-state index in [1.807, 2.05) is 18.6 Å². The Bertz CT molecular complexity index is 2030. The van der Waals surface area contributed by atoms with Gasteiger partial charge in [0.2, 0.25) is 0 Å². The lowest BCUT2D eigenvalue weighted by Gasteiger charge is -2.41. The van der Waals surface area contributed by atoms with Crippen molar-refractivity contribution in [2.75, 3.05) is 77.9 Å². The van der Waals surface area contributed by atoms with Gasteiger partial charge in [-0.1, -0.05) is 0 Å². The van der Waals surface area contributed by atoms with E-state index in [9.17, 15) is 22.8 Å². The molecule has 270 valence electrons. The van der Waals surface area contributed by atoms with Crippen LogP contribution in [0.5, 0.6) is 0 Å². The summed E-state index contributed by atoms with van der Waals surface area (Å²) in [5.41, 5.74) is 3.64. The van der Waals surface area contributed by atoms with Crippen LogP contribution in [0.25, 0.3) is 11.0 Å². The van der Waals surface area contributed by atoms with E-state index in [0.29, 0.717) is 37.0 Å². The summed E-state index contributed by atoms with van der Waals surface area (Å²) in [5, 5.41) is 0.856. The number of carbonyl (C=O) groups is 2. The van der Waals surface area contributed by atoms with Gasteiger partial charge in [-0.3, -0.25) is 14.5 Å². The number of likely N-dealkylation sites (N-methyl/N-ethyl adjacent to an activating group) is 1. The molecule has 2 fully saturated rings. The second kappa shape index (κ2) is 13.6. The SMILES string of the molecule is COC[C@H]1CN(c2cc(C)c3c4c(c(=O)oc3c2C)CN(C(=O)c2cc(N(C)C)c(C(=O)NS(=O)(=O)N(C)C3CC3)cc2F)CC4)CCN1C. The Hall–Kier alpha value is -4.05. The Kier molecular flexibility index (Phi) is 9.72. The fourth-order valence-electron chi connectivity index (χ4n) is 7.12. The first kappa shape index (κ1) is 35.8. The molecule has 1 saturated heterocycles. The number of benzene rings is 2. The maximum Gasteiger partial charge on any atom is 0.341 e. The van der Waals surface area contributed by atoms with Crippen molar-refractivity contribution in [1.29, 1.82) is 0 Å². The van der Waals surface area contributed by atoms with Crippen LogP contribution >= 0.6 is 0 Å². The van der Waals surface area contributed by atoms with Crippen LogP contribution in [0, 0.1) is 19.7 Å². The predicted octanol–water partition coefficient (Wildman–Crippen LogP) is 2.65. The summed E-state index contributed by atoms with van der Waals surface area (Å²) in [7, 11) is 4.24. The monoisotopic (exact) mass is 712 g/mol. The second-order valence-electron chi connectivity index (χ2n) is 13.8. The highest BCUT2D eigenvalue weighted by molar-refractivity contribution is 7.87. The lowest BCUT2D eigenvalue weighted by molar-refractivity contribution is 0.0727. The summed E-state index contributed by atoms with van der Waals surface area (Å²) < 4.78 is 55.6. The molecule has 3 aromatic rings. The third-order valence-corrected chi connectivity index (χ3v) is 11.8. The number of ether oxygens (including phenoxy) is 1. The lowest BCUT2D eigenvalue weighted by Crippen LogP contribution is -2.53. The number of aryl methyl sites for hydroxylation is 2. The standard InChI is InChI=1S/C35H45FN6O7S/c1-20-14-29(41-13-12-39(5)23(17-41)19-48-7)21(2)32-31(20)24-10-11-42(18-27(24)35(45)49-32)34(44)25-16-30(38(3)4)26(15-28(25)36)33(43)37-50(46,47)40(6)22-8-9-22/h14-16,22-23H,8-13,17-19H2,1-7H3,(H,37,43)/t23-/m1/s1. The van der Waals surface area contributed by atoms with Gasteiger partial charge in [0.15, 0.2) is 0 Å². The van der Waals surface area contributed by atoms with E-state index < -0.39 is 33.5 Å². The van der Waals surface area contributed by atoms with Crippen LogP contribution in [-0.4, -0.2) is 115 Å². The number of anilines is 2. The number of nitrogens with zero attached hydrogens (tertiary/aromatic N) is 5. The van der Waals surface area contributed by atoms with Crippen LogP contribution in [0.15, 0.2) is 27.4 Å². The number of carbonyl (C=O) groups excluding carboxylic acids is 2. The number of piperazine rings is 1. The summed E-state index contributed by atoms with van der Waals surface area (Å²) in [6.45, 7) is 7.19. The Labute approximate surface area is 291 Å². The summed E-state index contributed by atoms with van der Waals surface area (Å²) in [4.78, 5) is 47.9. The van der Waals surface area contributed by atoms with Gasteiger partial charge < -0.3 is 23.9 Å². The minimum absolute atomic E-state index is 0.0748. The summed E-state index contributed by atoms with van der Waals surface area (Å²) in [6.07, 6.45) is 1.76. The van der Waals surface area contributed by atoms with Crippen molar-refractivity contribution in [2.45, 2.75) is 51.7 Å². The van der Waals surface area contributed by atoms with Gasteiger partial charge in [-0.15, -0.1) is 0 Å². The quantitative estimate of drug-likeness (QED) is 0.330. The minimum Gasteiger partial charge on any atom is -0.422 e. The Morgan fingerprint density at radius 2 is 1.78 bits per heavy atom. The number of nitrogens with one attached hydrogen (secondary N) is 1. The molecule has 3 heterocycles. The lowest BCUT2D eigenvalue weighted by atomic mass is 9.92. The van der Waals surface area contributed by atoms with Crippen molar-refractivity contribution in [2.24, 2.45) is 0 Å². The number of hydrogen-bond donors (Lipinski definition) is 1. The predicted molar refractivity (Wildman–Crippen MR) is 189 cm³/mol. The Morgan fingerprint density at radius 1 is 1.06 bits per heavy atom. The average Bonchev–Trinajstić information content (AvgIpc) is 3.92. The van der Waals surface area contributed by atoms with Crippen molar-refractivity contribution in [3.8, 4) is 0 Å². The topological polar surface area (TPSA) is 136 Å². The smallest absolute Gasteiger partial charge is 0.341 e. The maximum atomic E-state index is 15.6. The van der Waals surface area contributed by atoms with Gasteiger partial charge >= 0.3 is 15.8 Å². The van der Waals surface area contributed by atoms with Crippen LogP contribution in [-0.2, 0) is 27.9 Å². The first-order chi connectivity index (χ1) is 23.6. The van der Waals surface area contributed by atoms with Crippen LogP contribution in [0.2, 0.25) is 0 Å². The van der Waals surface area contributed by atoms with E-state index in [4.69, 9.17) is 9.15 Å². The van der Waals surface area contributed by atoms with Crippen molar-refractivity contribution in [3.05, 3.63) is 67.8 Å². The first-order valence-corrected chi connectivity index (χ1v) is 18.2. The molecule has 0 unspecified atom stereocenters. The third-order valence-electron chi connectivity index (χ3n) is 10.3. The van der Waals surface area contributed by atoms with E-state index in [1.165, 1.54) is 22.9 Å². The summed E-state index contributed by atoms with van der Waals surface area (Å²) >= 11 is 0. The van der Waals surface area contributed by atoms with E-state index in [1.54, 1.807) is 21.2 Å². The first-order valence-electron chi connectivity index (χ1n) is 16.8. The van der Waals surface area contributed by atoms with Gasteiger partial charge in [0, 0.05) is 77.1 Å². The molecular formula is C35H45FN6O7S. The number of amides is 2. The number of rotatable bonds is 9. The minimum atomic E-state index is -4.14. The van der Waals surface area contributed by atoms with E-state index >= 15 is 4.39 Å². The molecule has 3 aliphatic rings. The van der Waals surface area contributed by atoms with Crippen molar-refractivity contribution in [1.82, 2.24) is 18.8 Å². The molecule has 0 spiro atoms. The molecule has 1 atom stereocenters. The molecule has 6 rings (SSSR count). The molecule has 1 saturated carbocycles. The zero-order valence-electron chi connectivity index (χ0n) is 29.6. The van der Waals surface area contributed by atoms with Crippen LogP contribution in [0.4, 0.5) is 15.8 Å². The maximum absolute atomic E-state index is 15.6. The molecule has 2 amide bonds. The van der Waals surface area contributed by atoms with Gasteiger partial charge in [0.1, 0.15) is 11.4 Å². The van der Waals surface area contributed by atoms with Gasteiger partial charge in [-0.2, -0.15) is 12.7 Å². The van der Waals surface area contributed by atoms with Crippen molar-refractivity contribution in [3.63, 3.8) is 0 Å². The largest absolute Gasteiger partial charge is 0.422 e. The molecular weight excluding hydrogens is 667 g/mol.